The van der Waals surface area contributed by atoms with Gasteiger partial charge in [0.25, 0.3) is 0 Å². The average molecular weight is 545 g/mol. The van der Waals surface area contributed by atoms with E-state index in [-0.39, 0.29) is 11.1 Å². The molecule has 0 saturated heterocycles. The van der Waals surface area contributed by atoms with Crippen molar-refractivity contribution in [1.82, 2.24) is 23.9 Å². The average Bonchev–Trinajstić information content (AvgIpc) is 3.30. The molecule has 0 aliphatic rings. The van der Waals surface area contributed by atoms with Gasteiger partial charge in [0.2, 0.25) is 5.82 Å². The number of rotatable bonds is 3. The van der Waals surface area contributed by atoms with Crippen molar-refractivity contribution >= 4 is 16.4 Å². The van der Waals surface area contributed by atoms with Crippen molar-refractivity contribution < 1.29 is 26.3 Å². The van der Waals surface area contributed by atoms with Gasteiger partial charge in [0.1, 0.15) is 5.82 Å². The van der Waals surface area contributed by atoms with Crippen molar-refractivity contribution in [3.8, 4) is 11.3 Å². The first kappa shape index (κ1) is 26.4. The van der Waals surface area contributed by atoms with Gasteiger partial charge in [0.05, 0.1) is 40.7 Å². The molecular formula is C27H22F6N6. The van der Waals surface area contributed by atoms with E-state index in [4.69, 9.17) is 4.99 Å². The van der Waals surface area contributed by atoms with Crippen LogP contribution in [-0.4, -0.2) is 23.9 Å². The lowest BCUT2D eigenvalue weighted by molar-refractivity contribution is -0.145. The van der Waals surface area contributed by atoms with Crippen LogP contribution in [0.15, 0.2) is 60.0 Å². The maximum absolute atomic E-state index is 13.5. The Morgan fingerprint density at radius 1 is 0.923 bits per heavy atom. The number of hydrogen-bond acceptors (Lipinski definition) is 4. The van der Waals surface area contributed by atoms with Gasteiger partial charge in [-0.2, -0.15) is 26.3 Å². The van der Waals surface area contributed by atoms with Crippen LogP contribution in [0.4, 0.5) is 26.3 Å². The van der Waals surface area contributed by atoms with Gasteiger partial charge in [-0.25, -0.2) is 9.97 Å². The van der Waals surface area contributed by atoms with Gasteiger partial charge in [-0.05, 0) is 56.2 Å². The molecule has 0 spiro atoms. The summed E-state index contributed by atoms with van der Waals surface area (Å²) in [5, 5.41) is 0.592. The van der Waals surface area contributed by atoms with E-state index in [1.54, 1.807) is 49.9 Å². The number of fused-ring (bicyclic) bond motifs is 2. The largest absolute Gasteiger partial charge is 0.450 e. The number of alkyl halides is 6. The second-order valence-corrected chi connectivity index (χ2v) is 9.24. The monoisotopic (exact) mass is 544 g/mol. The summed E-state index contributed by atoms with van der Waals surface area (Å²) in [5.74, 6) is -0.411. The van der Waals surface area contributed by atoms with Crippen LogP contribution in [0.3, 0.4) is 0 Å². The number of pyridine rings is 2. The fraction of sp³-hybridized carbons (Fsp3) is 0.259. The Balaban J connectivity index is 1.65. The van der Waals surface area contributed by atoms with Crippen LogP contribution in [0.1, 0.15) is 41.3 Å². The molecule has 0 radical (unpaired) electrons. The molecule has 0 bridgehead atoms. The summed E-state index contributed by atoms with van der Waals surface area (Å²) in [4.78, 5) is 17.3. The molecule has 0 aliphatic carbocycles. The highest BCUT2D eigenvalue weighted by molar-refractivity contribution is 5.82. The second kappa shape index (κ2) is 9.21. The molecular weight excluding hydrogens is 522 g/mol. The van der Waals surface area contributed by atoms with Gasteiger partial charge in [-0.1, -0.05) is 12.1 Å². The van der Waals surface area contributed by atoms with Crippen molar-refractivity contribution in [2.24, 2.45) is 12.0 Å². The fourth-order valence-electron chi connectivity index (χ4n) is 4.65. The molecule has 0 N–H and O–H groups in total. The lowest BCUT2D eigenvalue weighted by atomic mass is 9.97. The van der Waals surface area contributed by atoms with E-state index in [0.717, 1.165) is 16.7 Å². The molecule has 1 aromatic carbocycles. The third-order valence-electron chi connectivity index (χ3n) is 6.77. The fourth-order valence-corrected chi connectivity index (χ4v) is 4.65. The van der Waals surface area contributed by atoms with Crippen molar-refractivity contribution in [3.05, 3.63) is 88.8 Å². The summed E-state index contributed by atoms with van der Waals surface area (Å²) in [6.45, 7) is 4.90. The van der Waals surface area contributed by atoms with Gasteiger partial charge < -0.3 is 4.57 Å². The quantitative estimate of drug-likeness (QED) is 0.241. The third kappa shape index (κ3) is 4.75. The topological polar surface area (TPSA) is 60.4 Å². The molecule has 5 rings (SSSR count). The molecule has 4 aromatic heterocycles. The van der Waals surface area contributed by atoms with Gasteiger partial charge in [-0.15, -0.1) is 0 Å². The Kier molecular flexibility index (Phi) is 6.23. The Morgan fingerprint density at radius 2 is 1.67 bits per heavy atom. The van der Waals surface area contributed by atoms with Gasteiger partial charge in [-0.3, -0.25) is 14.4 Å². The van der Waals surface area contributed by atoms with Crippen LogP contribution >= 0.6 is 0 Å². The summed E-state index contributed by atoms with van der Waals surface area (Å²) in [7, 11) is 1.80. The van der Waals surface area contributed by atoms with Crippen molar-refractivity contribution in [1.29, 1.82) is 0 Å². The molecule has 6 nitrogen and oxygen atoms in total. The number of halogens is 6. The standard InChI is InChI=1S/C27H22F6N6/c1-14-19(6-5-7-21(14)26(28,29)30)15(2)36-24-20-11-22(34-13-23(20)38(4)16(3)37-24)17-8-9-39-18(10-17)12-35-25(39)27(31,32)33/h5-13,15H,1-4H3. The first-order chi connectivity index (χ1) is 18.3. The minimum atomic E-state index is -4.60. The van der Waals surface area contributed by atoms with E-state index in [0.29, 0.717) is 39.0 Å². The number of hydrogen-bond donors (Lipinski definition) is 0. The summed E-state index contributed by atoms with van der Waals surface area (Å²) < 4.78 is 82.9. The van der Waals surface area contributed by atoms with E-state index in [2.05, 4.69) is 15.0 Å². The molecule has 39 heavy (non-hydrogen) atoms. The smallest absolute Gasteiger partial charge is 0.331 e. The zero-order valence-electron chi connectivity index (χ0n) is 21.2. The number of aromatic nitrogens is 5. The maximum Gasteiger partial charge on any atom is 0.450 e. The van der Waals surface area contributed by atoms with E-state index in [1.807, 2.05) is 0 Å². The predicted molar refractivity (Wildman–Crippen MR) is 133 cm³/mol. The SMILES string of the molecule is Cc1c(C(C)N=c2nc(C)n(C)c3cnc(-c4ccn5c(C(F)(F)F)ncc5c4)cc23)cccc1C(F)(F)F. The predicted octanol–water partition coefficient (Wildman–Crippen LogP) is 6.60. The number of imidazole rings is 1. The summed E-state index contributed by atoms with van der Waals surface area (Å²) in [6, 6.07) is 8.14. The van der Waals surface area contributed by atoms with Crippen molar-refractivity contribution in [2.45, 2.75) is 39.2 Å². The highest BCUT2D eigenvalue weighted by Gasteiger charge is 2.36. The van der Waals surface area contributed by atoms with Gasteiger partial charge in [0.15, 0.2) is 5.49 Å². The molecule has 0 saturated carbocycles. The Bertz CT molecular complexity index is 1800. The first-order valence-electron chi connectivity index (χ1n) is 11.8. The Hall–Kier alpha value is -4.22. The minimum Gasteiger partial charge on any atom is -0.331 e. The van der Waals surface area contributed by atoms with Crippen LogP contribution in [0, 0.1) is 13.8 Å². The number of aryl methyl sites for hydroxylation is 2. The highest BCUT2D eigenvalue weighted by atomic mass is 19.4. The van der Waals surface area contributed by atoms with Crippen LogP contribution in [0.2, 0.25) is 0 Å². The Labute approximate surface area is 218 Å². The molecule has 1 atom stereocenters. The molecule has 0 amide bonds. The molecule has 4 heterocycles. The van der Waals surface area contributed by atoms with Gasteiger partial charge >= 0.3 is 12.4 Å². The van der Waals surface area contributed by atoms with Crippen LogP contribution < -0.4 is 5.49 Å². The minimum absolute atomic E-state index is 0.0958. The van der Waals surface area contributed by atoms with Crippen LogP contribution in [-0.2, 0) is 19.4 Å². The number of benzene rings is 1. The summed E-state index contributed by atoms with van der Waals surface area (Å²) >= 11 is 0. The van der Waals surface area contributed by atoms with E-state index < -0.39 is 29.8 Å². The van der Waals surface area contributed by atoms with E-state index >= 15 is 0 Å². The van der Waals surface area contributed by atoms with Crippen molar-refractivity contribution in [2.75, 3.05) is 0 Å². The molecule has 5 aromatic rings. The maximum atomic E-state index is 13.5. The van der Waals surface area contributed by atoms with E-state index in [9.17, 15) is 26.3 Å². The normalized spacial score (nSPS) is 13.9. The first-order valence-corrected chi connectivity index (χ1v) is 11.8. The van der Waals surface area contributed by atoms with Crippen LogP contribution in [0.5, 0.6) is 0 Å². The number of nitrogens with zero attached hydrogens (tertiary/aromatic N) is 6. The lowest BCUT2D eigenvalue weighted by Gasteiger charge is -2.16. The zero-order chi connectivity index (χ0) is 28.3. The Morgan fingerprint density at radius 3 is 2.36 bits per heavy atom. The van der Waals surface area contributed by atoms with Crippen molar-refractivity contribution in [3.63, 3.8) is 0 Å². The van der Waals surface area contributed by atoms with Crippen LogP contribution in [0.25, 0.3) is 27.7 Å². The zero-order valence-corrected chi connectivity index (χ0v) is 21.2. The summed E-state index contributed by atoms with van der Waals surface area (Å²) in [6.07, 6.45) is -5.06. The third-order valence-corrected chi connectivity index (χ3v) is 6.77. The molecule has 202 valence electrons. The highest BCUT2D eigenvalue weighted by Crippen LogP contribution is 2.35. The second-order valence-electron chi connectivity index (χ2n) is 9.24. The lowest BCUT2D eigenvalue weighted by Crippen LogP contribution is -2.18. The van der Waals surface area contributed by atoms with Gasteiger partial charge in [0, 0.05) is 24.2 Å². The molecule has 0 aliphatic heterocycles. The van der Waals surface area contributed by atoms with E-state index in [1.165, 1.54) is 25.3 Å². The molecule has 12 heteroatoms. The molecule has 1 unspecified atom stereocenters. The molecule has 0 fully saturated rings. The summed E-state index contributed by atoms with van der Waals surface area (Å²) in [5.41, 5.74) is 2.06.